The number of ether oxygens (including phenoxy) is 1. The topological polar surface area (TPSA) is 55.4 Å². The first-order valence-electron chi connectivity index (χ1n) is 8.29. The van der Waals surface area contributed by atoms with Gasteiger partial charge in [0.1, 0.15) is 5.75 Å². The van der Waals surface area contributed by atoms with Crippen LogP contribution in [0, 0.1) is 0 Å². The molecular weight excluding hydrogens is 417 g/mol. The standard InChI is InChI=1S/C21H17Cl2NO3S/c1-27-18-11-7-15(8-12-18)20(23)21(16-5-3-2-4-6-16)24-28(25,26)19-13-9-17(22)10-14-19/h2-14,24H,1H3. The van der Waals surface area contributed by atoms with Crippen LogP contribution in [0.2, 0.25) is 5.02 Å². The first kappa shape index (κ1) is 20.3. The van der Waals surface area contributed by atoms with Crippen molar-refractivity contribution in [2.24, 2.45) is 0 Å². The van der Waals surface area contributed by atoms with E-state index in [0.29, 0.717) is 21.9 Å². The van der Waals surface area contributed by atoms with Crippen LogP contribution < -0.4 is 9.46 Å². The molecule has 3 aromatic carbocycles. The SMILES string of the molecule is COc1ccc(C(Cl)=C(NS(=O)(=O)c2ccc(Cl)cc2)c2ccccc2)cc1. The van der Waals surface area contributed by atoms with Crippen LogP contribution in [0.15, 0.2) is 83.8 Å². The molecule has 0 saturated carbocycles. The fraction of sp³-hybridized carbons (Fsp3) is 0.0476. The molecule has 0 heterocycles. The van der Waals surface area contributed by atoms with E-state index in [2.05, 4.69) is 4.72 Å². The molecule has 0 amide bonds. The summed E-state index contributed by atoms with van der Waals surface area (Å²) >= 11 is 12.5. The van der Waals surface area contributed by atoms with Crippen molar-refractivity contribution < 1.29 is 13.2 Å². The molecule has 144 valence electrons. The van der Waals surface area contributed by atoms with Gasteiger partial charge in [-0.05, 0) is 54.1 Å². The summed E-state index contributed by atoms with van der Waals surface area (Å²) in [4.78, 5) is 0.0875. The van der Waals surface area contributed by atoms with E-state index in [0.717, 1.165) is 0 Å². The molecular formula is C21H17Cl2NO3S. The Labute approximate surface area is 174 Å². The van der Waals surface area contributed by atoms with Crippen LogP contribution in [0.4, 0.5) is 0 Å². The maximum absolute atomic E-state index is 12.9. The van der Waals surface area contributed by atoms with Gasteiger partial charge < -0.3 is 4.74 Å². The second-order valence-electron chi connectivity index (χ2n) is 5.84. The number of nitrogens with one attached hydrogen (secondary N) is 1. The molecule has 3 rings (SSSR count). The molecule has 3 aromatic rings. The Hall–Kier alpha value is -2.47. The third-order valence-corrected chi connectivity index (χ3v) is 6.01. The van der Waals surface area contributed by atoms with Gasteiger partial charge in [0, 0.05) is 10.6 Å². The summed E-state index contributed by atoms with van der Waals surface area (Å²) < 4.78 is 33.6. The monoisotopic (exact) mass is 433 g/mol. The van der Waals surface area contributed by atoms with E-state index >= 15 is 0 Å². The van der Waals surface area contributed by atoms with Crippen molar-refractivity contribution >= 4 is 44.0 Å². The van der Waals surface area contributed by atoms with Crippen molar-refractivity contribution in [2.75, 3.05) is 7.11 Å². The van der Waals surface area contributed by atoms with Crippen LogP contribution in [-0.4, -0.2) is 15.5 Å². The van der Waals surface area contributed by atoms with Crippen LogP contribution in [-0.2, 0) is 10.0 Å². The second kappa shape index (κ2) is 8.69. The summed E-state index contributed by atoms with van der Waals surface area (Å²) in [6.45, 7) is 0. The van der Waals surface area contributed by atoms with E-state index in [4.69, 9.17) is 27.9 Å². The minimum absolute atomic E-state index is 0.0875. The van der Waals surface area contributed by atoms with E-state index < -0.39 is 10.0 Å². The largest absolute Gasteiger partial charge is 0.497 e. The maximum Gasteiger partial charge on any atom is 0.261 e. The lowest BCUT2D eigenvalue weighted by molar-refractivity contribution is 0.415. The quantitative estimate of drug-likeness (QED) is 0.529. The van der Waals surface area contributed by atoms with Crippen LogP contribution in [0.5, 0.6) is 5.75 Å². The minimum atomic E-state index is -3.87. The lowest BCUT2D eigenvalue weighted by atomic mass is 10.1. The van der Waals surface area contributed by atoms with Crippen LogP contribution in [0.3, 0.4) is 0 Å². The summed E-state index contributed by atoms with van der Waals surface area (Å²) in [5.74, 6) is 0.677. The van der Waals surface area contributed by atoms with Gasteiger partial charge in [-0.2, -0.15) is 0 Å². The lowest BCUT2D eigenvalue weighted by Crippen LogP contribution is -2.23. The predicted molar refractivity (Wildman–Crippen MR) is 114 cm³/mol. The minimum Gasteiger partial charge on any atom is -0.497 e. The lowest BCUT2D eigenvalue weighted by Gasteiger charge is -2.15. The number of halogens is 2. The van der Waals surface area contributed by atoms with E-state index in [1.807, 2.05) is 18.2 Å². The molecule has 0 spiro atoms. The molecule has 28 heavy (non-hydrogen) atoms. The van der Waals surface area contributed by atoms with Gasteiger partial charge in [-0.1, -0.05) is 53.5 Å². The molecule has 0 bridgehead atoms. The fourth-order valence-corrected chi connectivity index (χ4v) is 4.09. The number of methoxy groups -OCH3 is 1. The number of benzene rings is 3. The zero-order chi connectivity index (χ0) is 20.1. The number of hydrogen-bond acceptors (Lipinski definition) is 3. The maximum atomic E-state index is 12.9. The molecule has 4 nitrogen and oxygen atoms in total. The third kappa shape index (κ3) is 4.68. The van der Waals surface area contributed by atoms with Gasteiger partial charge >= 0.3 is 0 Å². The zero-order valence-corrected chi connectivity index (χ0v) is 17.2. The zero-order valence-electron chi connectivity index (χ0n) is 14.9. The van der Waals surface area contributed by atoms with Crippen LogP contribution in [0.1, 0.15) is 11.1 Å². The van der Waals surface area contributed by atoms with E-state index in [1.165, 1.54) is 24.3 Å². The van der Waals surface area contributed by atoms with Crippen LogP contribution in [0.25, 0.3) is 10.7 Å². The van der Waals surface area contributed by atoms with E-state index in [9.17, 15) is 8.42 Å². The molecule has 1 N–H and O–H groups in total. The fourth-order valence-electron chi connectivity index (χ4n) is 2.52. The van der Waals surface area contributed by atoms with Gasteiger partial charge in [-0.3, -0.25) is 4.72 Å². The first-order valence-corrected chi connectivity index (χ1v) is 10.5. The summed E-state index contributed by atoms with van der Waals surface area (Å²) in [7, 11) is -2.29. The van der Waals surface area contributed by atoms with Crippen molar-refractivity contribution in [3.8, 4) is 5.75 Å². The summed E-state index contributed by atoms with van der Waals surface area (Å²) in [5, 5.41) is 0.723. The molecule has 0 aliphatic heterocycles. The number of sulfonamides is 1. The molecule has 0 saturated heterocycles. The highest BCUT2D eigenvalue weighted by Crippen LogP contribution is 2.30. The van der Waals surface area contributed by atoms with Gasteiger partial charge in [0.25, 0.3) is 10.0 Å². The van der Waals surface area contributed by atoms with Crippen molar-refractivity contribution in [3.63, 3.8) is 0 Å². The van der Waals surface area contributed by atoms with E-state index in [-0.39, 0.29) is 15.6 Å². The Morgan fingerprint density at radius 1 is 0.857 bits per heavy atom. The predicted octanol–water partition coefficient (Wildman–Crippen LogP) is 5.39. The molecule has 7 heteroatoms. The molecule has 0 unspecified atom stereocenters. The van der Waals surface area contributed by atoms with Gasteiger partial charge in [0.15, 0.2) is 0 Å². The first-order chi connectivity index (χ1) is 13.4. The Bertz CT molecular complexity index is 1080. The summed E-state index contributed by atoms with van der Waals surface area (Å²) in [6, 6.07) is 22.0. The smallest absolute Gasteiger partial charge is 0.261 e. The summed E-state index contributed by atoms with van der Waals surface area (Å²) in [5.41, 5.74) is 1.57. The molecule has 0 aliphatic rings. The second-order valence-corrected chi connectivity index (χ2v) is 8.34. The normalized spacial score (nSPS) is 12.2. The Morgan fingerprint density at radius 3 is 2.04 bits per heavy atom. The van der Waals surface area contributed by atoms with Crippen molar-refractivity contribution in [1.29, 1.82) is 0 Å². The highest BCUT2D eigenvalue weighted by molar-refractivity contribution is 7.89. The summed E-state index contributed by atoms with van der Waals surface area (Å²) in [6.07, 6.45) is 0. The molecule has 0 fully saturated rings. The van der Waals surface area contributed by atoms with Gasteiger partial charge in [-0.15, -0.1) is 0 Å². The molecule has 0 aliphatic carbocycles. The van der Waals surface area contributed by atoms with Crippen LogP contribution >= 0.6 is 23.2 Å². The van der Waals surface area contributed by atoms with E-state index in [1.54, 1.807) is 43.5 Å². The highest BCUT2D eigenvalue weighted by Gasteiger charge is 2.19. The Kier molecular flexibility index (Phi) is 6.29. The Balaban J connectivity index is 2.08. The van der Waals surface area contributed by atoms with Crippen molar-refractivity contribution in [2.45, 2.75) is 4.90 Å². The molecule has 0 aromatic heterocycles. The van der Waals surface area contributed by atoms with Gasteiger partial charge in [0.05, 0.1) is 22.7 Å². The average Bonchev–Trinajstić information content (AvgIpc) is 2.72. The van der Waals surface area contributed by atoms with Crippen molar-refractivity contribution in [3.05, 3.63) is 95.0 Å². The highest BCUT2D eigenvalue weighted by atomic mass is 35.5. The van der Waals surface area contributed by atoms with Gasteiger partial charge in [0.2, 0.25) is 0 Å². The van der Waals surface area contributed by atoms with Gasteiger partial charge in [-0.25, -0.2) is 8.42 Å². The molecule has 0 atom stereocenters. The number of rotatable bonds is 6. The van der Waals surface area contributed by atoms with Crippen molar-refractivity contribution in [1.82, 2.24) is 4.72 Å². The molecule has 0 radical (unpaired) electrons. The number of hydrogen-bond donors (Lipinski definition) is 1. The average molecular weight is 434 g/mol. The third-order valence-electron chi connectivity index (χ3n) is 3.99. The Morgan fingerprint density at radius 2 is 1.46 bits per heavy atom.